The van der Waals surface area contributed by atoms with Gasteiger partial charge in [0.05, 0.1) is 10.5 Å². The maximum absolute atomic E-state index is 12.6. The van der Waals surface area contributed by atoms with E-state index in [1.54, 1.807) is 18.2 Å². The van der Waals surface area contributed by atoms with Crippen LogP contribution < -0.4 is 5.32 Å². The van der Waals surface area contributed by atoms with Crippen LogP contribution in [0.2, 0.25) is 0 Å². The number of esters is 1. The van der Waals surface area contributed by atoms with Crippen molar-refractivity contribution < 1.29 is 19.2 Å². The fourth-order valence-corrected chi connectivity index (χ4v) is 3.79. The number of aldehydes is 1. The third kappa shape index (κ3) is 7.86. The highest BCUT2D eigenvalue weighted by Gasteiger charge is 2.23. The second-order valence-electron chi connectivity index (χ2n) is 9.05. The van der Waals surface area contributed by atoms with Crippen molar-refractivity contribution in [2.45, 2.75) is 51.8 Å². The van der Waals surface area contributed by atoms with E-state index in [0.717, 1.165) is 24.8 Å². The smallest absolute Gasteiger partial charge is 0.338 e. The minimum atomic E-state index is -0.562. The lowest BCUT2D eigenvalue weighted by Gasteiger charge is -2.25. The first kappa shape index (κ1) is 25.8. The summed E-state index contributed by atoms with van der Waals surface area (Å²) in [5, 5.41) is 14.1. The van der Waals surface area contributed by atoms with Gasteiger partial charge in [0, 0.05) is 30.8 Å². The van der Waals surface area contributed by atoms with Crippen molar-refractivity contribution in [2.75, 3.05) is 0 Å². The molecule has 35 heavy (non-hydrogen) atoms. The van der Waals surface area contributed by atoms with Crippen LogP contribution in [-0.2, 0) is 24.2 Å². The van der Waals surface area contributed by atoms with Gasteiger partial charge in [-0.3, -0.25) is 14.9 Å². The number of nitro benzene ring substituents is 1. The predicted molar refractivity (Wildman–Crippen MR) is 134 cm³/mol. The van der Waals surface area contributed by atoms with E-state index in [9.17, 15) is 19.7 Å². The largest absolute Gasteiger partial charge is 0.456 e. The van der Waals surface area contributed by atoms with E-state index in [1.807, 2.05) is 44.2 Å². The normalized spacial score (nSPS) is 11.1. The van der Waals surface area contributed by atoms with Gasteiger partial charge in [-0.1, -0.05) is 48.5 Å². The first-order valence-corrected chi connectivity index (χ1v) is 11.6. The number of rotatable bonds is 12. The lowest BCUT2D eigenvalue weighted by atomic mass is 9.98. The van der Waals surface area contributed by atoms with Gasteiger partial charge >= 0.3 is 5.97 Å². The zero-order chi connectivity index (χ0) is 25.3. The molecule has 0 atom stereocenters. The molecule has 0 aliphatic carbocycles. The number of nitrogens with one attached hydrogen (secondary N) is 1. The first-order chi connectivity index (χ1) is 16.8. The number of carbonyl (C=O) groups excluding carboxylic acids is 2. The number of aryl methyl sites for hydroxylation is 1. The Kier molecular flexibility index (Phi) is 8.86. The molecule has 0 heterocycles. The summed E-state index contributed by atoms with van der Waals surface area (Å²) in [6, 6.07) is 21.7. The summed E-state index contributed by atoms with van der Waals surface area (Å²) in [7, 11) is 0. The molecule has 0 unspecified atom stereocenters. The molecule has 3 aromatic rings. The topological polar surface area (TPSA) is 98.5 Å². The lowest BCUT2D eigenvalue weighted by molar-refractivity contribution is -0.384. The van der Waals surface area contributed by atoms with E-state index in [-0.39, 0.29) is 17.2 Å². The number of nitrogens with zero attached hydrogens (tertiary/aromatic N) is 1. The van der Waals surface area contributed by atoms with Crippen molar-refractivity contribution in [1.29, 1.82) is 0 Å². The number of benzene rings is 3. The van der Waals surface area contributed by atoms with Crippen molar-refractivity contribution in [3.05, 3.63) is 111 Å². The zero-order valence-corrected chi connectivity index (χ0v) is 20.0. The quantitative estimate of drug-likeness (QED) is 0.157. The number of carbonyl (C=O) groups is 2. The lowest BCUT2D eigenvalue weighted by Crippen LogP contribution is -2.28. The predicted octanol–water partition coefficient (Wildman–Crippen LogP) is 5.66. The molecule has 0 saturated carbocycles. The van der Waals surface area contributed by atoms with Gasteiger partial charge in [-0.2, -0.15) is 0 Å². The van der Waals surface area contributed by atoms with Crippen molar-refractivity contribution >= 4 is 17.9 Å². The molecule has 0 fully saturated rings. The maximum Gasteiger partial charge on any atom is 0.338 e. The van der Waals surface area contributed by atoms with Crippen LogP contribution in [0.4, 0.5) is 5.69 Å². The Balaban J connectivity index is 1.48. The summed E-state index contributed by atoms with van der Waals surface area (Å²) < 4.78 is 5.76. The summed E-state index contributed by atoms with van der Waals surface area (Å²) in [5.41, 5.74) is 3.01. The maximum atomic E-state index is 12.6. The van der Waals surface area contributed by atoms with Crippen LogP contribution in [0.1, 0.15) is 64.1 Å². The van der Waals surface area contributed by atoms with Crippen molar-refractivity contribution in [3.63, 3.8) is 0 Å². The molecular formula is C28H30N2O5. The fourth-order valence-electron chi connectivity index (χ4n) is 3.79. The Bertz CT molecular complexity index is 1160. The monoisotopic (exact) mass is 474 g/mol. The summed E-state index contributed by atoms with van der Waals surface area (Å²) in [4.78, 5) is 34.2. The van der Waals surface area contributed by atoms with Crippen LogP contribution in [0.5, 0.6) is 0 Å². The van der Waals surface area contributed by atoms with Gasteiger partial charge in [-0.05, 0) is 61.9 Å². The number of nitro groups is 1. The molecule has 7 heteroatoms. The molecule has 7 nitrogen and oxygen atoms in total. The molecule has 0 spiro atoms. The highest BCUT2D eigenvalue weighted by atomic mass is 16.6. The minimum Gasteiger partial charge on any atom is -0.456 e. The molecule has 0 amide bonds. The zero-order valence-electron chi connectivity index (χ0n) is 20.0. The van der Waals surface area contributed by atoms with E-state index >= 15 is 0 Å². The van der Waals surface area contributed by atoms with E-state index in [1.165, 1.54) is 17.7 Å². The molecule has 1 N–H and O–H groups in total. The van der Waals surface area contributed by atoms with Crippen LogP contribution >= 0.6 is 0 Å². The highest BCUT2D eigenvalue weighted by Crippen LogP contribution is 2.21. The number of ether oxygens (including phenoxy) is 1. The molecule has 0 aromatic heterocycles. The average molecular weight is 475 g/mol. The Morgan fingerprint density at radius 2 is 1.71 bits per heavy atom. The summed E-state index contributed by atoms with van der Waals surface area (Å²) in [6.45, 7) is 4.75. The molecule has 182 valence electrons. The third-order valence-electron chi connectivity index (χ3n) is 5.76. The number of non-ortho nitro benzene ring substituents is 1. The van der Waals surface area contributed by atoms with Crippen molar-refractivity contribution in [3.8, 4) is 0 Å². The minimum absolute atomic E-state index is 0.113. The second kappa shape index (κ2) is 12.0. The summed E-state index contributed by atoms with van der Waals surface area (Å²) >= 11 is 0. The fraction of sp³-hybridized carbons (Fsp3) is 0.286. The van der Waals surface area contributed by atoms with Crippen LogP contribution in [0, 0.1) is 10.1 Å². The first-order valence-electron chi connectivity index (χ1n) is 11.6. The molecular weight excluding hydrogens is 444 g/mol. The summed E-state index contributed by atoms with van der Waals surface area (Å²) in [6.07, 6.45) is 3.25. The van der Waals surface area contributed by atoms with Gasteiger partial charge in [0.15, 0.2) is 6.29 Å². The third-order valence-corrected chi connectivity index (χ3v) is 5.76. The van der Waals surface area contributed by atoms with Gasteiger partial charge in [0.1, 0.15) is 5.60 Å². The van der Waals surface area contributed by atoms with Crippen molar-refractivity contribution in [2.24, 2.45) is 0 Å². The van der Waals surface area contributed by atoms with Gasteiger partial charge < -0.3 is 10.1 Å². The average Bonchev–Trinajstić information content (AvgIpc) is 2.84. The van der Waals surface area contributed by atoms with Crippen LogP contribution in [-0.4, -0.2) is 22.8 Å². The molecule has 3 rings (SSSR count). The number of hydrogen-bond donors (Lipinski definition) is 1. The van der Waals surface area contributed by atoms with Crippen LogP contribution in [0.25, 0.3) is 0 Å². The Morgan fingerprint density at radius 3 is 2.37 bits per heavy atom. The summed E-state index contributed by atoms with van der Waals surface area (Å²) in [5.74, 6) is -0.351. The van der Waals surface area contributed by atoms with E-state index in [0.29, 0.717) is 30.5 Å². The van der Waals surface area contributed by atoms with E-state index in [4.69, 9.17) is 4.74 Å². The Hall–Kier alpha value is -3.84. The standard InChI is InChI=1S/C28H30N2O5/c1-28(2,16-6-9-21-7-4-3-5-8-21)35-27(32)23-12-10-22(11-13-23)18-29-19-24-14-15-26(30(33)34)17-25(24)20-31/h3-5,7-8,10-15,17,20,29H,6,9,16,18-19H2,1-2H3. The molecule has 0 aliphatic heterocycles. The second-order valence-corrected chi connectivity index (χ2v) is 9.05. The molecule has 3 aromatic carbocycles. The highest BCUT2D eigenvalue weighted by molar-refractivity contribution is 5.89. The van der Waals surface area contributed by atoms with Gasteiger partial charge in [-0.25, -0.2) is 4.79 Å². The molecule has 0 saturated heterocycles. The Morgan fingerprint density at radius 1 is 1.00 bits per heavy atom. The van der Waals surface area contributed by atoms with Gasteiger partial charge in [0.25, 0.3) is 5.69 Å². The van der Waals surface area contributed by atoms with Crippen LogP contribution in [0.15, 0.2) is 72.8 Å². The molecule has 0 bridgehead atoms. The SMILES string of the molecule is CC(C)(CCCc1ccccc1)OC(=O)c1ccc(CNCc2ccc([N+](=O)[O-])cc2C=O)cc1. The van der Waals surface area contributed by atoms with Gasteiger partial charge in [0.2, 0.25) is 0 Å². The van der Waals surface area contributed by atoms with Gasteiger partial charge in [-0.15, -0.1) is 0 Å². The van der Waals surface area contributed by atoms with E-state index < -0.39 is 10.5 Å². The molecule has 0 aliphatic rings. The van der Waals surface area contributed by atoms with Crippen LogP contribution in [0.3, 0.4) is 0 Å². The molecule has 0 radical (unpaired) electrons. The van der Waals surface area contributed by atoms with Crippen molar-refractivity contribution in [1.82, 2.24) is 5.32 Å². The number of hydrogen-bond acceptors (Lipinski definition) is 6. The Labute approximate surface area is 205 Å². The van der Waals surface area contributed by atoms with E-state index in [2.05, 4.69) is 17.4 Å².